The number of rotatable bonds is 7. The van der Waals surface area contributed by atoms with Crippen molar-refractivity contribution in [3.8, 4) is 0 Å². The van der Waals surface area contributed by atoms with Crippen molar-refractivity contribution in [3.05, 3.63) is 65.2 Å². The van der Waals surface area contributed by atoms with Crippen molar-refractivity contribution < 1.29 is 24.0 Å². The number of nitrogens with zero attached hydrogens (tertiary/aromatic N) is 2. The zero-order valence-electron chi connectivity index (χ0n) is 20.6. The lowest BCUT2D eigenvalue weighted by molar-refractivity contribution is -0.136. The lowest BCUT2D eigenvalue weighted by Crippen LogP contribution is -2.54. The molecule has 9 nitrogen and oxygen atoms in total. The second-order valence-electron chi connectivity index (χ2n) is 9.80. The molecule has 0 aliphatic carbocycles. The number of carbonyl (C=O) groups excluding carboxylic acids is 5. The van der Waals surface area contributed by atoms with Crippen molar-refractivity contribution in [2.45, 2.75) is 50.5 Å². The molecule has 2 saturated heterocycles. The average molecular weight is 503 g/mol. The van der Waals surface area contributed by atoms with Gasteiger partial charge in [0.1, 0.15) is 6.04 Å². The molecule has 37 heavy (non-hydrogen) atoms. The van der Waals surface area contributed by atoms with Crippen LogP contribution in [0.25, 0.3) is 0 Å². The fourth-order valence-corrected chi connectivity index (χ4v) is 5.40. The van der Waals surface area contributed by atoms with Crippen LogP contribution in [0.5, 0.6) is 0 Å². The number of likely N-dealkylation sites (tertiary alicyclic amines) is 1. The zero-order valence-corrected chi connectivity index (χ0v) is 20.6. The Morgan fingerprint density at radius 2 is 1.65 bits per heavy atom. The molecule has 1 atom stereocenters. The van der Waals surface area contributed by atoms with Gasteiger partial charge in [-0.1, -0.05) is 30.3 Å². The minimum atomic E-state index is -0.981. The van der Waals surface area contributed by atoms with Crippen molar-refractivity contribution in [3.63, 3.8) is 0 Å². The summed E-state index contributed by atoms with van der Waals surface area (Å²) in [6.45, 7) is 2.09. The third kappa shape index (κ3) is 5.12. The number of benzene rings is 2. The minimum absolute atomic E-state index is 0.0837. The number of piperidine rings is 2. The molecule has 0 radical (unpaired) electrons. The van der Waals surface area contributed by atoms with Gasteiger partial charge in [0.15, 0.2) is 0 Å². The summed E-state index contributed by atoms with van der Waals surface area (Å²) >= 11 is 0. The molecule has 2 N–H and O–H groups in total. The molecule has 3 aliphatic heterocycles. The summed E-state index contributed by atoms with van der Waals surface area (Å²) in [5.74, 6) is -1.43. The Labute approximate surface area is 215 Å². The highest BCUT2D eigenvalue weighted by Crippen LogP contribution is 2.30. The van der Waals surface area contributed by atoms with Crippen LogP contribution in [-0.2, 0) is 14.4 Å². The van der Waals surface area contributed by atoms with E-state index in [4.69, 9.17) is 0 Å². The smallest absolute Gasteiger partial charge is 0.262 e. The van der Waals surface area contributed by atoms with Crippen LogP contribution in [0, 0.1) is 0 Å². The van der Waals surface area contributed by atoms with E-state index in [1.54, 1.807) is 18.2 Å². The second kappa shape index (κ2) is 10.5. The molecule has 0 spiro atoms. The van der Waals surface area contributed by atoms with Crippen molar-refractivity contribution >= 4 is 35.2 Å². The van der Waals surface area contributed by atoms with E-state index in [2.05, 4.69) is 34.9 Å². The van der Waals surface area contributed by atoms with E-state index in [1.165, 1.54) is 5.56 Å². The molecule has 3 aliphatic rings. The molecule has 5 rings (SSSR count). The van der Waals surface area contributed by atoms with Crippen LogP contribution >= 0.6 is 0 Å². The summed E-state index contributed by atoms with van der Waals surface area (Å²) in [7, 11) is 0. The highest BCUT2D eigenvalue weighted by molar-refractivity contribution is 6.23. The van der Waals surface area contributed by atoms with Crippen LogP contribution in [0.15, 0.2) is 48.5 Å². The Kier molecular flexibility index (Phi) is 7.03. The molecule has 2 fully saturated rings. The highest BCUT2D eigenvalue weighted by Gasteiger charge is 2.44. The number of anilines is 1. The van der Waals surface area contributed by atoms with Gasteiger partial charge in [0.2, 0.25) is 17.7 Å². The van der Waals surface area contributed by atoms with Gasteiger partial charge in [-0.05, 0) is 55.4 Å². The van der Waals surface area contributed by atoms with Crippen LogP contribution in [0.2, 0.25) is 0 Å². The van der Waals surface area contributed by atoms with Crippen LogP contribution in [-0.4, -0.2) is 65.0 Å². The standard InChI is InChI=1S/C28H30N4O5/c33-24-11-10-23(26(35)30-24)32-27(36)21-9-8-20(17-22(21)28(32)37)29-14-4-7-25(34)31-15-12-19(13-16-31)18-5-2-1-3-6-18/h1-3,5-6,8-9,17,19,23,29H,4,7,10-16H2,(H,30,33,35). The van der Waals surface area contributed by atoms with Crippen molar-refractivity contribution in [2.24, 2.45) is 0 Å². The molecular weight excluding hydrogens is 472 g/mol. The first-order valence-electron chi connectivity index (χ1n) is 12.8. The molecule has 1 unspecified atom stereocenters. The monoisotopic (exact) mass is 502 g/mol. The number of nitrogens with one attached hydrogen (secondary N) is 2. The molecule has 3 heterocycles. The summed E-state index contributed by atoms with van der Waals surface area (Å²) in [4.78, 5) is 65.0. The Bertz CT molecular complexity index is 1240. The zero-order chi connectivity index (χ0) is 25.9. The van der Waals surface area contributed by atoms with Gasteiger partial charge >= 0.3 is 0 Å². The van der Waals surface area contributed by atoms with E-state index in [0.29, 0.717) is 31.0 Å². The first kappa shape index (κ1) is 24.7. The summed E-state index contributed by atoms with van der Waals surface area (Å²) < 4.78 is 0. The van der Waals surface area contributed by atoms with Crippen LogP contribution in [0.3, 0.4) is 0 Å². The van der Waals surface area contributed by atoms with Crippen LogP contribution in [0.1, 0.15) is 70.7 Å². The predicted molar refractivity (Wildman–Crippen MR) is 136 cm³/mol. The Morgan fingerprint density at radius 3 is 2.38 bits per heavy atom. The third-order valence-electron chi connectivity index (χ3n) is 7.45. The number of imide groups is 2. The van der Waals surface area contributed by atoms with Crippen molar-refractivity contribution in [1.82, 2.24) is 15.1 Å². The van der Waals surface area contributed by atoms with Gasteiger partial charge in [-0.3, -0.25) is 34.2 Å². The summed E-state index contributed by atoms with van der Waals surface area (Å²) in [6, 6.07) is 14.4. The van der Waals surface area contributed by atoms with Gasteiger partial charge in [-0.15, -0.1) is 0 Å². The molecule has 2 aromatic rings. The van der Waals surface area contributed by atoms with E-state index in [-0.39, 0.29) is 29.9 Å². The normalized spacial score (nSPS) is 20.2. The largest absolute Gasteiger partial charge is 0.385 e. The van der Waals surface area contributed by atoms with E-state index in [0.717, 1.165) is 30.8 Å². The summed E-state index contributed by atoms with van der Waals surface area (Å²) in [6.07, 6.45) is 3.25. The molecule has 5 amide bonds. The molecule has 0 bridgehead atoms. The molecule has 2 aromatic carbocycles. The minimum Gasteiger partial charge on any atom is -0.385 e. The number of amides is 5. The lowest BCUT2D eigenvalue weighted by Gasteiger charge is -2.32. The fraction of sp³-hybridized carbons (Fsp3) is 0.393. The first-order chi connectivity index (χ1) is 17.9. The third-order valence-corrected chi connectivity index (χ3v) is 7.45. The van der Waals surface area contributed by atoms with E-state index < -0.39 is 29.7 Å². The number of hydrogen-bond donors (Lipinski definition) is 2. The molecule has 192 valence electrons. The Hall–Kier alpha value is -4.01. The maximum absolute atomic E-state index is 13.0. The maximum Gasteiger partial charge on any atom is 0.262 e. The van der Waals surface area contributed by atoms with Gasteiger partial charge in [0.25, 0.3) is 11.8 Å². The SMILES string of the molecule is O=C1CCC(N2C(=O)c3ccc(NCCCC(=O)N4CCC(c5ccccc5)CC4)cc3C2=O)C(=O)N1. The first-order valence-corrected chi connectivity index (χ1v) is 12.8. The van der Waals surface area contributed by atoms with Gasteiger partial charge in [0, 0.05) is 38.2 Å². The van der Waals surface area contributed by atoms with Crippen LogP contribution in [0.4, 0.5) is 5.69 Å². The molecule has 9 heteroatoms. The molecular formula is C28H30N4O5. The van der Waals surface area contributed by atoms with Gasteiger partial charge in [-0.25, -0.2) is 0 Å². The van der Waals surface area contributed by atoms with E-state index >= 15 is 0 Å². The Balaban J connectivity index is 1.10. The molecule has 0 aromatic heterocycles. The highest BCUT2D eigenvalue weighted by atomic mass is 16.2. The van der Waals surface area contributed by atoms with Crippen LogP contribution < -0.4 is 10.6 Å². The quantitative estimate of drug-likeness (QED) is 0.444. The van der Waals surface area contributed by atoms with E-state index in [9.17, 15) is 24.0 Å². The number of hydrogen-bond acceptors (Lipinski definition) is 6. The van der Waals surface area contributed by atoms with Crippen molar-refractivity contribution in [1.29, 1.82) is 0 Å². The number of carbonyl (C=O) groups is 5. The summed E-state index contributed by atoms with van der Waals surface area (Å²) in [5.41, 5.74) is 2.49. The van der Waals surface area contributed by atoms with Gasteiger partial charge < -0.3 is 10.2 Å². The van der Waals surface area contributed by atoms with Crippen molar-refractivity contribution in [2.75, 3.05) is 25.0 Å². The maximum atomic E-state index is 13.0. The van der Waals surface area contributed by atoms with Gasteiger partial charge in [-0.2, -0.15) is 0 Å². The molecule has 0 saturated carbocycles. The average Bonchev–Trinajstić information content (AvgIpc) is 3.16. The predicted octanol–water partition coefficient (Wildman–Crippen LogP) is 2.69. The van der Waals surface area contributed by atoms with Gasteiger partial charge in [0.05, 0.1) is 11.1 Å². The Morgan fingerprint density at radius 1 is 0.919 bits per heavy atom. The second-order valence-corrected chi connectivity index (χ2v) is 9.80. The number of fused-ring (bicyclic) bond motifs is 1. The fourth-order valence-electron chi connectivity index (χ4n) is 5.40. The topological polar surface area (TPSA) is 116 Å². The van der Waals surface area contributed by atoms with E-state index in [1.807, 2.05) is 11.0 Å². The summed E-state index contributed by atoms with van der Waals surface area (Å²) in [5, 5.41) is 5.42. The lowest BCUT2D eigenvalue weighted by atomic mass is 9.89.